The van der Waals surface area contributed by atoms with Gasteiger partial charge in [0.2, 0.25) is 0 Å². The van der Waals surface area contributed by atoms with E-state index in [0.29, 0.717) is 118 Å². The second kappa shape index (κ2) is 80.1. The third-order valence-electron chi connectivity index (χ3n) is 14.3. The minimum Gasteiger partial charge on any atom is -0.377 e. The monoisotopic (exact) mass is 1660 g/mol. The summed E-state index contributed by atoms with van der Waals surface area (Å²) in [6.45, 7) is 37.6. The molecule has 0 aliphatic heterocycles. The molecule has 0 spiro atoms. The van der Waals surface area contributed by atoms with Gasteiger partial charge in [-0.15, -0.1) is 0 Å². The van der Waals surface area contributed by atoms with Crippen molar-refractivity contribution in [3.05, 3.63) is 0 Å². The molecule has 40 heteroatoms. The summed E-state index contributed by atoms with van der Waals surface area (Å²) in [5.41, 5.74) is 21.7. The molecule has 0 heterocycles. The van der Waals surface area contributed by atoms with Gasteiger partial charge in [0, 0.05) is 226 Å². The standard InChI is InChI=1S/C11H27NO3Si.C10H25NO3Si.C9H23NO3Si.2C8H21NO3Si.C7H19NO3Si.C6H17NO3Si.C5H15NO3Si/c1-6-13-16(14-7-2,15-8-3)11-9-10-12(4)5;1-6-12-15(13-7-2,14-8-3)10-9-11(4)5;1-4-11-14(12-5-2,13-6-3)9-7-8-10;1-9(2)7-6-8-13(10-3,11-4)12-5;1-4-10-13(8-7-9,11-5-2)12-6-3;1-8(2)6-7-12(9-3,10-4)11-5;1-8-11(9-2,10-3)6-4-5-7;1-7-10(8-2,9-3)5-4-6/h6-11H2,1-5H3;6-10H2,1-5H3;4-10H2,1-3H3;6-8H2,1-5H3;4-9H2,1-3H3;6-7H2,1-5H3;4-7H2,1-3H3;4-6H2,1-3H3. The van der Waals surface area contributed by atoms with Gasteiger partial charge in [-0.2, -0.15) is 0 Å². The molecule has 0 aromatic carbocycles. The highest BCUT2D eigenvalue weighted by Crippen LogP contribution is 2.22. The average molecular weight is 1660 g/mol. The van der Waals surface area contributed by atoms with E-state index in [1.54, 1.807) is 85.3 Å². The minimum absolute atomic E-state index is 0.530. The van der Waals surface area contributed by atoms with Gasteiger partial charge in [-0.05, 0) is 204 Å². The smallest absolute Gasteiger partial charge is 0.377 e. The number of rotatable bonds is 60. The third kappa shape index (κ3) is 63.9. The minimum atomic E-state index is -2.42. The quantitative estimate of drug-likeness (QED) is 0.0436. The topological polar surface area (TPSA) is 339 Å². The molecule has 0 aromatic heterocycles. The SMILES string of the molecule is CCO[Si](CCCN(C)C)(OCC)OCC.CCO[Si](CCCN)(OCC)OCC.CCO[Si](CCN(C)C)(OCC)OCC.CCO[Si](CCN)(OCC)OCC.CO[Si](CCCN(C)C)(OC)OC.CO[Si](CCCN)(OC)OC.CO[Si](CCN(C)C)(OC)OC.CO[Si](CCN)(OC)OC. The van der Waals surface area contributed by atoms with E-state index in [1.165, 1.54) is 0 Å². The van der Waals surface area contributed by atoms with E-state index < -0.39 is 70.4 Å². The highest BCUT2D eigenvalue weighted by molar-refractivity contribution is 6.63. The van der Waals surface area contributed by atoms with E-state index in [0.717, 1.165) is 88.1 Å². The Morgan fingerprint density at radius 2 is 0.327 bits per heavy atom. The first-order chi connectivity index (χ1) is 49.4. The lowest BCUT2D eigenvalue weighted by Gasteiger charge is -2.29. The molecule has 0 atom stereocenters. The highest BCUT2D eigenvalue weighted by atomic mass is 28.4. The van der Waals surface area contributed by atoms with Crippen LogP contribution in [0, 0.1) is 0 Å². The summed E-state index contributed by atoms with van der Waals surface area (Å²) >= 11 is 0. The van der Waals surface area contributed by atoms with Crippen molar-refractivity contribution in [1.82, 2.24) is 19.6 Å². The van der Waals surface area contributed by atoms with Crippen molar-refractivity contribution >= 4 is 70.4 Å². The molecule has 0 bridgehead atoms. The van der Waals surface area contributed by atoms with Crippen LogP contribution in [0.3, 0.4) is 0 Å². The molecule has 0 aliphatic carbocycles. The fourth-order valence-electron chi connectivity index (χ4n) is 9.17. The van der Waals surface area contributed by atoms with Crippen LogP contribution in [0.4, 0.5) is 0 Å². The summed E-state index contributed by atoms with van der Waals surface area (Å²) in [5.74, 6) is 0. The third-order valence-corrected chi connectivity index (χ3v) is 37.8. The van der Waals surface area contributed by atoms with E-state index in [1.807, 2.05) is 111 Å². The molecule has 0 fully saturated rings. The van der Waals surface area contributed by atoms with Crippen molar-refractivity contribution in [1.29, 1.82) is 0 Å². The Bertz CT molecular complexity index is 1590. The Kier molecular flexibility index (Phi) is 92.5. The molecule has 0 amide bonds. The zero-order valence-corrected chi connectivity index (χ0v) is 80.5. The number of hydrogen-bond donors (Lipinski definition) is 4. The molecule has 8 N–H and O–H groups in total. The molecule has 0 rings (SSSR count). The Hall–Kier alpha value is 0.455. The maximum absolute atomic E-state index is 5.77. The Balaban J connectivity index is -0.000000169. The zero-order valence-electron chi connectivity index (χ0n) is 72.5. The van der Waals surface area contributed by atoms with Crippen LogP contribution in [0.2, 0.25) is 48.4 Å². The summed E-state index contributed by atoms with van der Waals surface area (Å²) < 4.78 is 131. The van der Waals surface area contributed by atoms with Gasteiger partial charge in [-0.1, -0.05) is 0 Å². The van der Waals surface area contributed by atoms with Crippen molar-refractivity contribution in [2.75, 3.05) is 273 Å². The molecule has 0 aromatic rings. The van der Waals surface area contributed by atoms with Crippen molar-refractivity contribution in [2.45, 2.75) is 157 Å². The van der Waals surface area contributed by atoms with Gasteiger partial charge in [-0.25, -0.2) is 0 Å². The first-order valence-electron chi connectivity index (χ1n) is 37.1. The molecule has 104 heavy (non-hydrogen) atoms. The lowest BCUT2D eigenvalue weighted by atomic mass is 10.5. The lowest BCUT2D eigenvalue weighted by molar-refractivity contribution is 0.0689. The first-order valence-corrected chi connectivity index (χ1v) is 52.5. The second-order valence-corrected chi connectivity index (χ2v) is 46.2. The average Bonchev–Trinajstić information content (AvgIpc) is 0.892. The number of nitrogens with zero attached hydrogens (tertiary/aromatic N) is 4. The van der Waals surface area contributed by atoms with Crippen LogP contribution in [0.1, 0.15) is 109 Å². The molecule has 0 unspecified atom stereocenters. The van der Waals surface area contributed by atoms with Crippen LogP contribution < -0.4 is 22.9 Å². The summed E-state index contributed by atoms with van der Waals surface area (Å²) in [7, 11) is 16.9. The maximum atomic E-state index is 5.77. The van der Waals surface area contributed by atoms with Gasteiger partial charge in [0.15, 0.2) is 0 Å². The predicted octanol–water partition coefficient (Wildman–Crippen LogP) is 7.24. The Morgan fingerprint density at radius 3 is 0.500 bits per heavy atom. The van der Waals surface area contributed by atoms with Crippen LogP contribution in [-0.2, 0) is 106 Å². The van der Waals surface area contributed by atoms with Crippen molar-refractivity contribution in [2.24, 2.45) is 22.9 Å². The largest absolute Gasteiger partial charge is 0.502 e. The molecule has 0 saturated carbocycles. The normalized spacial score (nSPS) is 12.2. The lowest BCUT2D eigenvalue weighted by Crippen LogP contribution is -2.47. The Labute approximate surface area is 646 Å². The molecule has 0 saturated heterocycles. The van der Waals surface area contributed by atoms with Gasteiger partial charge in [0.05, 0.1) is 0 Å². The van der Waals surface area contributed by atoms with Crippen LogP contribution in [-0.4, -0.2) is 363 Å². The maximum Gasteiger partial charge on any atom is 0.502 e. The number of hydrogen-bond acceptors (Lipinski definition) is 32. The van der Waals surface area contributed by atoms with Crippen molar-refractivity contribution in [3.63, 3.8) is 0 Å². The van der Waals surface area contributed by atoms with Crippen molar-refractivity contribution < 1.29 is 106 Å². The molecular weight excluding hydrogens is 1490 g/mol. The van der Waals surface area contributed by atoms with Crippen LogP contribution in [0.15, 0.2) is 0 Å². The summed E-state index contributed by atoms with van der Waals surface area (Å²) in [5, 5.41) is 0. The van der Waals surface area contributed by atoms with Gasteiger partial charge in [0.25, 0.3) is 0 Å². The van der Waals surface area contributed by atoms with Gasteiger partial charge in [0.1, 0.15) is 0 Å². The summed E-state index contributed by atoms with van der Waals surface area (Å²) in [6, 6.07) is 6.42. The fraction of sp³-hybridized carbons (Fsp3) is 1.00. The fourth-order valence-corrected chi connectivity index (χ4v) is 26.2. The molecular formula is C64H168N8O24Si8. The van der Waals surface area contributed by atoms with E-state index >= 15 is 0 Å². The molecule has 32 nitrogen and oxygen atoms in total. The van der Waals surface area contributed by atoms with E-state index in [4.69, 9.17) is 129 Å². The van der Waals surface area contributed by atoms with E-state index in [9.17, 15) is 0 Å². The molecule has 0 aliphatic rings. The van der Waals surface area contributed by atoms with Crippen molar-refractivity contribution in [3.8, 4) is 0 Å². The zero-order chi connectivity index (χ0) is 81.9. The van der Waals surface area contributed by atoms with Crippen LogP contribution in [0.25, 0.3) is 0 Å². The number of nitrogens with two attached hydrogens (primary N) is 4. The Morgan fingerprint density at radius 1 is 0.183 bits per heavy atom. The highest BCUT2D eigenvalue weighted by Gasteiger charge is 2.44. The van der Waals surface area contributed by atoms with Crippen LogP contribution >= 0.6 is 0 Å². The van der Waals surface area contributed by atoms with Crippen LogP contribution in [0.5, 0.6) is 0 Å². The van der Waals surface area contributed by atoms with E-state index in [2.05, 4.69) is 47.8 Å². The molecule has 640 valence electrons. The summed E-state index contributed by atoms with van der Waals surface area (Å²) in [4.78, 5) is 8.51. The van der Waals surface area contributed by atoms with Gasteiger partial charge in [-0.3, -0.25) is 0 Å². The summed E-state index contributed by atoms with van der Waals surface area (Å²) in [6.07, 6.45) is 3.86. The predicted molar refractivity (Wildman–Crippen MR) is 437 cm³/mol. The van der Waals surface area contributed by atoms with Gasteiger partial charge < -0.3 is 149 Å². The second-order valence-electron chi connectivity index (χ2n) is 22.9. The van der Waals surface area contributed by atoms with E-state index in [-0.39, 0.29) is 0 Å². The van der Waals surface area contributed by atoms with Gasteiger partial charge >= 0.3 is 70.4 Å². The molecule has 0 radical (unpaired) electrons. The first kappa shape index (κ1) is 120.